The van der Waals surface area contributed by atoms with Crippen LogP contribution in [-0.4, -0.2) is 30.1 Å². The molecular formula is C7H14INO2. The number of rotatable bonds is 6. The number of hydrogen-bond acceptors (Lipinski definition) is 2. The van der Waals surface area contributed by atoms with Gasteiger partial charge in [0.25, 0.3) is 0 Å². The standard InChI is InChI=1S/C7H14INO2/c1-2-4-9-7(10)6-11-5-3-8/h2-6H2,1H3,(H,9,10). The Morgan fingerprint density at radius 2 is 2.36 bits per heavy atom. The van der Waals surface area contributed by atoms with Crippen molar-refractivity contribution in [2.45, 2.75) is 13.3 Å². The lowest BCUT2D eigenvalue weighted by Crippen LogP contribution is -2.28. The minimum absolute atomic E-state index is 0.0169. The Morgan fingerprint density at radius 3 is 2.91 bits per heavy atom. The molecule has 1 N–H and O–H groups in total. The third-order valence-electron chi connectivity index (χ3n) is 1.03. The van der Waals surface area contributed by atoms with Crippen molar-refractivity contribution in [3.63, 3.8) is 0 Å². The van der Waals surface area contributed by atoms with E-state index in [0.29, 0.717) is 6.61 Å². The molecule has 0 aromatic heterocycles. The van der Waals surface area contributed by atoms with Gasteiger partial charge in [-0.25, -0.2) is 0 Å². The molecule has 0 aromatic rings. The van der Waals surface area contributed by atoms with E-state index in [0.717, 1.165) is 17.4 Å². The van der Waals surface area contributed by atoms with Crippen LogP contribution in [0.3, 0.4) is 0 Å². The number of ether oxygens (including phenoxy) is 1. The van der Waals surface area contributed by atoms with Crippen LogP contribution in [0.25, 0.3) is 0 Å². The Morgan fingerprint density at radius 1 is 1.64 bits per heavy atom. The quantitative estimate of drug-likeness (QED) is 0.444. The third-order valence-corrected chi connectivity index (χ3v) is 1.47. The van der Waals surface area contributed by atoms with Crippen LogP contribution < -0.4 is 5.32 Å². The second-order valence-electron chi connectivity index (χ2n) is 2.09. The molecule has 0 rings (SSSR count). The number of hydrogen-bond donors (Lipinski definition) is 1. The van der Waals surface area contributed by atoms with Crippen LogP contribution in [0.4, 0.5) is 0 Å². The minimum atomic E-state index is -0.0169. The van der Waals surface area contributed by atoms with E-state index in [2.05, 4.69) is 27.9 Å². The maximum absolute atomic E-state index is 10.8. The molecule has 0 saturated carbocycles. The lowest BCUT2D eigenvalue weighted by molar-refractivity contribution is -0.125. The zero-order chi connectivity index (χ0) is 8.53. The van der Waals surface area contributed by atoms with Gasteiger partial charge in [0.2, 0.25) is 5.91 Å². The van der Waals surface area contributed by atoms with Gasteiger partial charge in [-0.3, -0.25) is 4.79 Å². The summed E-state index contributed by atoms with van der Waals surface area (Å²) in [5, 5.41) is 2.72. The fourth-order valence-corrected chi connectivity index (χ4v) is 0.846. The molecule has 0 saturated heterocycles. The number of amides is 1. The number of halogens is 1. The van der Waals surface area contributed by atoms with E-state index in [-0.39, 0.29) is 12.5 Å². The van der Waals surface area contributed by atoms with E-state index in [1.54, 1.807) is 0 Å². The second kappa shape index (κ2) is 8.26. The summed E-state index contributed by atoms with van der Waals surface area (Å²) >= 11 is 2.21. The van der Waals surface area contributed by atoms with Gasteiger partial charge in [0.1, 0.15) is 6.61 Å². The van der Waals surface area contributed by atoms with Crippen molar-refractivity contribution in [1.82, 2.24) is 5.32 Å². The van der Waals surface area contributed by atoms with Gasteiger partial charge in [0.05, 0.1) is 6.61 Å². The van der Waals surface area contributed by atoms with Crippen LogP contribution in [0.5, 0.6) is 0 Å². The van der Waals surface area contributed by atoms with E-state index >= 15 is 0 Å². The molecule has 0 aromatic carbocycles. The van der Waals surface area contributed by atoms with E-state index in [9.17, 15) is 4.79 Å². The number of nitrogens with one attached hydrogen (secondary N) is 1. The molecule has 4 heteroatoms. The van der Waals surface area contributed by atoms with Crippen LogP contribution in [0.15, 0.2) is 0 Å². The lowest BCUT2D eigenvalue weighted by Gasteiger charge is -2.02. The summed E-state index contributed by atoms with van der Waals surface area (Å²) in [5.41, 5.74) is 0. The summed E-state index contributed by atoms with van der Waals surface area (Å²) in [7, 11) is 0. The number of alkyl halides is 1. The summed E-state index contributed by atoms with van der Waals surface area (Å²) in [5.74, 6) is -0.0169. The topological polar surface area (TPSA) is 38.3 Å². The molecule has 3 nitrogen and oxygen atoms in total. The first kappa shape index (κ1) is 11.2. The zero-order valence-electron chi connectivity index (χ0n) is 6.73. The smallest absolute Gasteiger partial charge is 0.245 e. The van der Waals surface area contributed by atoms with Crippen molar-refractivity contribution in [3.8, 4) is 0 Å². The summed E-state index contributed by atoms with van der Waals surface area (Å²) in [4.78, 5) is 10.8. The van der Waals surface area contributed by atoms with Crippen molar-refractivity contribution in [2.24, 2.45) is 0 Å². The lowest BCUT2D eigenvalue weighted by atomic mass is 10.5. The highest BCUT2D eigenvalue weighted by Gasteiger charge is 1.97. The van der Waals surface area contributed by atoms with Crippen molar-refractivity contribution in [3.05, 3.63) is 0 Å². The molecule has 0 aliphatic carbocycles. The van der Waals surface area contributed by atoms with Gasteiger partial charge in [0, 0.05) is 11.0 Å². The van der Waals surface area contributed by atoms with Gasteiger partial charge in [0.15, 0.2) is 0 Å². The molecule has 66 valence electrons. The average molecular weight is 271 g/mol. The molecular weight excluding hydrogens is 257 g/mol. The summed E-state index contributed by atoms with van der Waals surface area (Å²) in [6.45, 7) is 3.61. The van der Waals surface area contributed by atoms with Crippen LogP contribution >= 0.6 is 22.6 Å². The second-order valence-corrected chi connectivity index (χ2v) is 3.17. The van der Waals surface area contributed by atoms with Gasteiger partial charge in [-0.05, 0) is 6.42 Å². The van der Waals surface area contributed by atoms with Crippen LogP contribution in [-0.2, 0) is 9.53 Å². The molecule has 1 amide bonds. The molecule has 0 spiro atoms. The van der Waals surface area contributed by atoms with Crippen molar-refractivity contribution < 1.29 is 9.53 Å². The molecule has 0 aliphatic heterocycles. The summed E-state index contributed by atoms with van der Waals surface area (Å²) in [6.07, 6.45) is 0.970. The molecule has 0 bridgehead atoms. The highest BCUT2D eigenvalue weighted by molar-refractivity contribution is 14.1. The van der Waals surface area contributed by atoms with Crippen molar-refractivity contribution in [2.75, 3.05) is 24.2 Å². The van der Waals surface area contributed by atoms with E-state index in [4.69, 9.17) is 4.74 Å². The normalized spacial score (nSPS) is 9.64. The Labute approximate surface area is 81.0 Å². The molecule has 0 aliphatic rings. The first-order chi connectivity index (χ1) is 5.31. The minimum Gasteiger partial charge on any atom is -0.371 e. The highest BCUT2D eigenvalue weighted by Crippen LogP contribution is 1.82. The monoisotopic (exact) mass is 271 g/mol. The van der Waals surface area contributed by atoms with Crippen LogP contribution in [0.1, 0.15) is 13.3 Å². The van der Waals surface area contributed by atoms with Gasteiger partial charge < -0.3 is 10.1 Å². The fraction of sp³-hybridized carbons (Fsp3) is 0.857. The maximum atomic E-state index is 10.8. The van der Waals surface area contributed by atoms with E-state index in [1.807, 2.05) is 6.92 Å². The van der Waals surface area contributed by atoms with Crippen molar-refractivity contribution >= 4 is 28.5 Å². The first-order valence-corrected chi connectivity index (χ1v) is 5.24. The Balaban J connectivity index is 3.09. The predicted octanol–water partition coefficient (Wildman–Crippen LogP) is 0.964. The Hall–Kier alpha value is 0.160. The van der Waals surface area contributed by atoms with E-state index in [1.165, 1.54) is 0 Å². The Bertz CT molecular complexity index is 109. The SMILES string of the molecule is CCCNC(=O)COCCI. The molecule has 0 fully saturated rings. The first-order valence-electron chi connectivity index (χ1n) is 3.71. The van der Waals surface area contributed by atoms with Gasteiger partial charge in [-0.15, -0.1) is 0 Å². The van der Waals surface area contributed by atoms with Gasteiger partial charge in [-0.1, -0.05) is 29.5 Å². The predicted molar refractivity (Wildman–Crippen MR) is 53.0 cm³/mol. The fourth-order valence-electron chi connectivity index (χ4n) is 0.535. The number of carbonyl (C=O) groups excluding carboxylic acids is 1. The molecule has 0 radical (unpaired) electrons. The zero-order valence-corrected chi connectivity index (χ0v) is 8.89. The molecule has 0 heterocycles. The van der Waals surface area contributed by atoms with Gasteiger partial charge >= 0.3 is 0 Å². The van der Waals surface area contributed by atoms with Crippen LogP contribution in [0, 0.1) is 0 Å². The molecule has 0 atom stereocenters. The van der Waals surface area contributed by atoms with Crippen molar-refractivity contribution in [1.29, 1.82) is 0 Å². The Kier molecular flexibility index (Phi) is 8.38. The largest absolute Gasteiger partial charge is 0.371 e. The maximum Gasteiger partial charge on any atom is 0.245 e. The highest BCUT2D eigenvalue weighted by atomic mass is 127. The van der Waals surface area contributed by atoms with Gasteiger partial charge in [-0.2, -0.15) is 0 Å². The number of carbonyl (C=O) groups is 1. The average Bonchev–Trinajstić information content (AvgIpc) is 2.01. The summed E-state index contributed by atoms with van der Waals surface area (Å²) in [6, 6.07) is 0. The van der Waals surface area contributed by atoms with E-state index < -0.39 is 0 Å². The summed E-state index contributed by atoms with van der Waals surface area (Å²) < 4.78 is 5.95. The molecule has 11 heavy (non-hydrogen) atoms. The van der Waals surface area contributed by atoms with Crippen LogP contribution in [0.2, 0.25) is 0 Å². The third kappa shape index (κ3) is 8.06. The molecule has 0 unspecified atom stereocenters.